The van der Waals surface area contributed by atoms with Gasteiger partial charge in [-0.25, -0.2) is 0 Å². The predicted octanol–water partition coefficient (Wildman–Crippen LogP) is 6.54. The molecule has 0 amide bonds. The first-order chi connectivity index (χ1) is 12.9. The highest BCUT2D eigenvalue weighted by Gasteiger charge is 2.59. The molecule has 0 bridgehead atoms. The van der Waals surface area contributed by atoms with Gasteiger partial charge in [0, 0.05) is 6.42 Å². The number of allylic oxidation sites excluding steroid dienone is 4. The largest absolute Gasteiger partial charge is 0.413 e. The maximum atomic E-state index is 11.9. The van der Waals surface area contributed by atoms with Crippen molar-refractivity contribution in [3.05, 3.63) is 23.8 Å². The fraction of sp³-hybridized carbons (Fsp3) is 0.800. The van der Waals surface area contributed by atoms with Crippen LogP contribution in [0.4, 0.5) is 0 Å². The van der Waals surface area contributed by atoms with Crippen LogP contribution in [0, 0.1) is 35.0 Å². The molecular formula is C25H40O2Si. The van der Waals surface area contributed by atoms with Crippen LogP contribution in [0.25, 0.3) is 0 Å². The van der Waals surface area contributed by atoms with Gasteiger partial charge in [-0.05, 0) is 90.5 Å². The number of hydrogen-bond acceptors (Lipinski definition) is 2. The van der Waals surface area contributed by atoms with Gasteiger partial charge < -0.3 is 4.43 Å². The zero-order chi connectivity index (χ0) is 20.5. The summed E-state index contributed by atoms with van der Waals surface area (Å²) in [7, 11) is -1.76. The minimum Gasteiger partial charge on any atom is -0.413 e. The van der Waals surface area contributed by atoms with E-state index in [1.54, 1.807) is 0 Å². The Kier molecular flexibility index (Phi) is 4.90. The smallest absolute Gasteiger partial charge is 0.192 e. The van der Waals surface area contributed by atoms with Crippen LogP contribution in [0.15, 0.2) is 23.8 Å². The minimum absolute atomic E-state index is 0.267. The fourth-order valence-corrected chi connectivity index (χ4v) is 8.36. The van der Waals surface area contributed by atoms with Gasteiger partial charge in [0.15, 0.2) is 14.1 Å². The van der Waals surface area contributed by atoms with E-state index in [9.17, 15) is 4.79 Å². The number of fused-ring (bicyclic) bond motifs is 5. The third-order valence-corrected chi connectivity index (χ3v) is 13.8. The molecule has 0 spiro atoms. The normalized spacial score (nSPS) is 43.2. The topological polar surface area (TPSA) is 26.3 Å². The average Bonchev–Trinajstić information content (AvgIpc) is 2.89. The van der Waals surface area contributed by atoms with E-state index < -0.39 is 8.32 Å². The zero-order valence-electron chi connectivity index (χ0n) is 19.0. The van der Waals surface area contributed by atoms with Crippen molar-refractivity contribution < 1.29 is 9.22 Å². The van der Waals surface area contributed by atoms with Gasteiger partial charge >= 0.3 is 0 Å². The number of ketones is 1. The molecule has 2 fully saturated rings. The maximum absolute atomic E-state index is 11.9. The fourth-order valence-electron chi connectivity index (χ4n) is 6.91. The summed E-state index contributed by atoms with van der Waals surface area (Å²) < 4.78 is 7.04. The molecule has 4 aliphatic rings. The summed E-state index contributed by atoms with van der Waals surface area (Å²) >= 11 is 0. The lowest BCUT2D eigenvalue weighted by atomic mass is 9.51. The van der Waals surface area contributed by atoms with E-state index in [2.05, 4.69) is 59.9 Å². The molecule has 0 N–H and O–H groups in total. The summed E-state index contributed by atoms with van der Waals surface area (Å²) in [5.41, 5.74) is 1.62. The van der Waals surface area contributed by atoms with Crippen molar-refractivity contribution in [1.82, 2.24) is 0 Å². The van der Waals surface area contributed by atoms with Crippen LogP contribution in [0.5, 0.6) is 0 Å². The molecule has 0 aliphatic heterocycles. The molecule has 4 unspecified atom stereocenters. The molecule has 2 nitrogen and oxygen atoms in total. The number of rotatable bonds is 2. The van der Waals surface area contributed by atoms with Gasteiger partial charge in [-0.1, -0.05) is 46.8 Å². The molecule has 156 valence electrons. The first-order valence-corrected chi connectivity index (χ1v) is 14.5. The monoisotopic (exact) mass is 400 g/mol. The highest BCUT2D eigenvalue weighted by molar-refractivity contribution is 6.74. The van der Waals surface area contributed by atoms with Crippen molar-refractivity contribution in [3.63, 3.8) is 0 Å². The summed E-state index contributed by atoms with van der Waals surface area (Å²) in [5, 5.41) is 0.267. The molecule has 28 heavy (non-hydrogen) atoms. The lowest BCUT2D eigenvalue weighted by Crippen LogP contribution is -2.53. The third kappa shape index (κ3) is 3.12. The lowest BCUT2D eigenvalue weighted by Gasteiger charge is -2.55. The van der Waals surface area contributed by atoms with E-state index >= 15 is 0 Å². The molecule has 0 aromatic carbocycles. The minimum atomic E-state index is -1.76. The molecule has 0 aromatic heterocycles. The van der Waals surface area contributed by atoms with Crippen molar-refractivity contribution >= 4 is 14.1 Å². The van der Waals surface area contributed by atoms with Crippen LogP contribution in [0.3, 0.4) is 0 Å². The van der Waals surface area contributed by atoms with E-state index in [0.717, 1.165) is 18.8 Å². The molecule has 0 radical (unpaired) electrons. The Labute approximate surface area is 173 Å². The van der Waals surface area contributed by atoms with Crippen molar-refractivity contribution in [2.24, 2.45) is 35.0 Å². The SMILES string of the molecule is C[C@H]1C[C@@]2(C)C(CC[C@@H]2O[Si](C)(C)C(C)(C)C)C2C=CC3=CC(=O)CCC3C21. The summed E-state index contributed by atoms with van der Waals surface area (Å²) in [6.45, 7) is 16.9. The van der Waals surface area contributed by atoms with Crippen LogP contribution >= 0.6 is 0 Å². The van der Waals surface area contributed by atoms with Gasteiger partial charge in [0.25, 0.3) is 0 Å². The summed E-state index contributed by atoms with van der Waals surface area (Å²) in [6, 6.07) is 0. The molecule has 4 rings (SSSR count). The summed E-state index contributed by atoms with van der Waals surface area (Å²) in [5.74, 6) is 3.74. The van der Waals surface area contributed by atoms with Crippen LogP contribution in [0.1, 0.15) is 66.7 Å². The standard InChI is InChI=1S/C25H40O2Si/c1-16-15-25(5)21(12-13-22(25)27-28(6,7)24(2,3)4)20-10-8-17-14-18(26)9-11-19(17)23(16)20/h8,10,14,16,19-23H,9,11-13,15H2,1-7H3/t16-,19?,20?,21?,22-,23?,25-/m0/s1. The molecule has 0 heterocycles. The molecule has 0 saturated heterocycles. The molecule has 3 heteroatoms. The van der Waals surface area contributed by atoms with E-state index in [0.29, 0.717) is 41.0 Å². The van der Waals surface area contributed by atoms with Gasteiger partial charge in [-0.15, -0.1) is 0 Å². The Morgan fingerprint density at radius 2 is 1.89 bits per heavy atom. The van der Waals surface area contributed by atoms with Crippen LogP contribution in [-0.2, 0) is 9.22 Å². The average molecular weight is 401 g/mol. The Hall–Kier alpha value is -0.673. The zero-order valence-corrected chi connectivity index (χ0v) is 20.0. The first kappa shape index (κ1) is 20.6. The quantitative estimate of drug-likeness (QED) is 0.492. The maximum Gasteiger partial charge on any atom is 0.192 e. The first-order valence-electron chi connectivity index (χ1n) is 11.5. The molecule has 7 atom stereocenters. The lowest BCUT2D eigenvalue weighted by molar-refractivity contribution is -0.116. The van der Waals surface area contributed by atoms with Gasteiger partial charge in [-0.2, -0.15) is 0 Å². The van der Waals surface area contributed by atoms with Crippen LogP contribution < -0.4 is 0 Å². The van der Waals surface area contributed by atoms with Gasteiger partial charge in [0.05, 0.1) is 6.10 Å². The number of hydrogen-bond donors (Lipinski definition) is 0. The van der Waals surface area contributed by atoms with Gasteiger partial charge in [-0.3, -0.25) is 4.79 Å². The Morgan fingerprint density at radius 3 is 2.57 bits per heavy atom. The third-order valence-electron chi connectivity index (χ3n) is 9.33. The van der Waals surface area contributed by atoms with Crippen molar-refractivity contribution in [3.8, 4) is 0 Å². The molecule has 2 saturated carbocycles. The predicted molar refractivity (Wildman–Crippen MR) is 119 cm³/mol. The highest BCUT2D eigenvalue weighted by atomic mass is 28.4. The van der Waals surface area contributed by atoms with E-state index in [4.69, 9.17) is 4.43 Å². The van der Waals surface area contributed by atoms with Crippen molar-refractivity contribution in [2.45, 2.75) is 91.0 Å². The second-order valence-electron chi connectivity index (χ2n) is 12.0. The van der Waals surface area contributed by atoms with E-state index in [1.807, 2.05) is 6.08 Å². The molecule has 4 aliphatic carbocycles. The van der Waals surface area contributed by atoms with Gasteiger partial charge in [0.2, 0.25) is 0 Å². The van der Waals surface area contributed by atoms with E-state index in [-0.39, 0.29) is 5.04 Å². The van der Waals surface area contributed by atoms with Gasteiger partial charge in [0.1, 0.15) is 0 Å². The Bertz CT molecular complexity index is 713. The van der Waals surface area contributed by atoms with Crippen molar-refractivity contribution in [2.75, 3.05) is 0 Å². The number of carbonyl (C=O) groups is 1. The van der Waals surface area contributed by atoms with Crippen LogP contribution in [0.2, 0.25) is 18.1 Å². The second kappa shape index (κ2) is 6.67. The van der Waals surface area contributed by atoms with E-state index in [1.165, 1.54) is 24.8 Å². The summed E-state index contributed by atoms with van der Waals surface area (Å²) in [4.78, 5) is 11.9. The Balaban J connectivity index is 1.62. The molecular weight excluding hydrogens is 360 g/mol. The summed E-state index contributed by atoms with van der Waals surface area (Å²) in [6.07, 6.45) is 12.8. The van der Waals surface area contributed by atoms with Crippen molar-refractivity contribution in [1.29, 1.82) is 0 Å². The Morgan fingerprint density at radius 1 is 1.18 bits per heavy atom. The highest BCUT2D eigenvalue weighted by Crippen LogP contribution is 2.63. The number of carbonyl (C=O) groups excluding carboxylic acids is 1. The molecule has 0 aromatic rings. The van der Waals surface area contributed by atoms with Crippen LogP contribution in [-0.4, -0.2) is 20.2 Å². The second-order valence-corrected chi connectivity index (χ2v) is 16.8.